The molecule has 0 amide bonds. The molecule has 0 unspecified atom stereocenters. The van der Waals surface area contributed by atoms with E-state index in [0.29, 0.717) is 0 Å². The van der Waals surface area contributed by atoms with Gasteiger partial charge in [0.25, 0.3) is 0 Å². The summed E-state index contributed by atoms with van der Waals surface area (Å²) in [5.41, 5.74) is 22.9. The lowest BCUT2D eigenvalue weighted by atomic mass is 9.82. The van der Waals surface area contributed by atoms with E-state index >= 15 is 0 Å². The van der Waals surface area contributed by atoms with Crippen LogP contribution in [0.4, 0.5) is 34.1 Å². The van der Waals surface area contributed by atoms with Crippen LogP contribution in [0.25, 0.3) is 76.9 Å². The minimum atomic E-state index is -0.146. The predicted molar refractivity (Wildman–Crippen MR) is 351 cm³/mol. The lowest BCUT2D eigenvalue weighted by Crippen LogP contribution is -2.17. The molecule has 0 N–H and O–H groups in total. The third-order valence-corrected chi connectivity index (χ3v) is 19.3. The van der Waals surface area contributed by atoms with Crippen LogP contribution in [-0.2, 0) is 21.7 Å². The molecule has 2 aromatic heterocycles. The molecule has 2 heterocycles. The topological polar surface area (TPSA) is 32.8 Å². The van der Waals surface area contributed by atoms with Crippen LogP contribution in [-0.4, -0.2) is 0 Å². The minimum Gasteiger partial charge on any atom is -0.456 e. The summed E-state index contributed by atoms with van der Waals surface area (Å²) in [7, 11) is 0. The van der Waals surface area contributed by atoms with Crippen LogP contribution in [0.5, 0.6) is 0 Å². The van der Waals surface area contributed by atoms with Gasteiger partial charge in [0.15, 0.2) is 0 Å². The third-order valence-electron chi connectivity index (χ3n) is 18.2. The second kappa shape index (κ2) is 18.4. The fourth-order valence-corrected chi connectivity index (χ4v) is 14.7. The van der Waals surface area contributed by atoms with E-state index in [4.69, 9.17) is 8.83 Å². The lowest BCUT2D eigenvalue weighted by Gasteiger charge is -2.29. The maximum absolute atomic E-state index is 7.24. The van der Waals surface area contributed by atoms with Crippen molar-refractivity contribution in [2.75, 3.05) is 9.80 Å². The zero-order valence-corrected chi connectivity index (χ0v) is 49.7. The van der Waals surface area contributed by atoms with Gasteiger partial charge in [-0.3, -0.25) is 0 Å². The van der Waals surface area contributed by atoms with E-state index in [0.717, 1.165) is 98.6 Å². The van der Waals surface area contributed by atoms with Gasteiger partial charge in [0.1, 0.15) is 22.3 Å². The van der Waals surface area contributed by atoms with Crippen LogP contribution >= 0.6 is 11.8 Å². The number of hydrogen-bond acceptors (Lipinski definition) is 5. The van der Waals surface area contributed by atoms with E-state index < -0.39 is 0 Å². The van der Waals surface area contributed by atoms with Crippen molar-refractivity contribution in [1.29, 1.82) is 0 Å². The fraction of sp³-hybridized carbons (Fsp3) is 0.179. The van der Waals surface area contributed by atoms with Gasteiger partial charge >= 0.3 is 0 Å². The summed E-state index contributed by atoms with van der Waals surface area (Å²) in [6.07, 6.45) is 0. The number of fused-ring (bicyclic) bond motifs is 13. The van der Waals surface area contributed by atoms with E-state index in [1.165, 1.54) is 55.6 Å². The Labute approximate surface area is 491 Å². The average Bonchev–Trinajstić information content (AvgIpc) is 2.25. The second-order valence-electron chi connectivity index (χ2n) is 26.2. The quantitative estimate of drug-likeness (QED) is 0.151. The fourth-order valence-electron chi connectivity index (χ4n) is 13.6. The molecule has 13 aromatic rings. The molecule has 0 bridgehead atoms. The van der Waals surface area contributed by atoms with E-state index in [-0.39, 0.29) is 21.7 Å². The molecule has 0 atom stereocenters. The highest BCUT2D eigenvalue weighted by atomic mass is 32.2. The van der Waals surface area contributed by atoms with Crippen LogP contribution < -0.4 is 9.80 Å². The van der Waals surface area contributed by atoms with Crippen molar-refractivity contribution in [3.8, 4) is 22.3 Å². The van der Waals surface area contributed by atoms with Crippen LogP contribution in [0.1, 0.15) is 103 Å². The van der Waals surface area contributed by atoms with E-state index in [1.54, 1.807) is 11.8 Å². The summed E-state index contributed by atoms with van der Waals surface area (Å²) in [5, 5.41) is 6.53. The van der Waals surface area contributed by atoms with Crippen molar-refractivity contribution in [3.63, 3.8) is 0 Å². The molecule has 0 spiro atoms. The summed E-state index contributed by atoms with van der Waals surface area (Å²) >= 11 is 1.75. The Morgan fingerprint density at radius 1 is 0.337 bits per heavy atom. The second-order valence-corrected chi connectivity index (χ2v) is 27.3. The van der Waals surface area contributed by atoms with Crippen LogP contribution in [0.2, 0.25) is 0 Å². The number of anilines is 6. The molecule has 0 fully saturated rings. The van der Waals surface area contributed by atoms with E-state index in [9.17, 15) is 0 Å². The molecule has 2 aliphatic carbocycles. The first-order valence-electron chi connectivity index (χ1n) is 29.2. The van der Waals surface area contributed by atoms with Gasteiger partial charge in [-0.15, -0.1) is 0 Å². The summed E-state index contributed by atoms with van der Waals surface area (Å²) in [5.74, 6) is 0. The Hall–Kier alpha value is -8.77. The molecule has 0 radical (unpaired) electrons. The zero-order valence-electron chi connectivity index (χ0n) is 48.9. The van der Waals surface area contributed by atoms with Gasteiger partial charge < -0.3 is 18.6 Å². The molecule has 15 rings (SSSR count). The van der Waals surface area contributed by atoms with Gasteiger partial charge in [0, 0.05) is 88.9 Å². The number of rotatable bonds is 8. The van der Waals surface area contributed by atoms with Gasteiger partial charge in [-0.1, -0.05) is 184 Å². The molecule has 0 saturated carbocycles. The van der Waals surface area contributed by atoms with Crippen molar-refractivity contribution in [1.82, 2.24) is 0 Å². The maximum Gasteiger partial charge on any atom is 0.149 e. The van der Waals surface area contributed by atoms with Crippen LogP contribution in [0.15, 0.2) is 237 Å². The molecule has 5 heteroatoms. The number of nitrogens with zero attached hydrogens (tertiary/aromatic N) is 2. The van der Waals surface area contributed by atoms with E-state index in [2.05, 4.69) is 297 Å². The SMILES string of the molecule is CC(C)(C)c1ccc(N(c2ccc3c(c2)C(C)(C)c2ccccc2-3)c2ccc3c(c2)oc2cc4c(Sc5ccccc5)c5oc6cc(N(c7ccc(C(C)(C)C)cc7)c7ccc8c(c7)C(C)(C)c7ccccc7-8)ccc6c5cc4cc23)cc1. The highest BCUT2D eigenvalue weighted by Gasteiger charge is 2.37. The molecule has 2 aliphatic rings. The first kappa shape index (κ1) is 51.1. The molecule has 11 aromatic carbocycles. The normalized spacial score (nSPS) is 14.1. The van der Waals surface area contributed by atoms with Crippen LogP contribution in [0.3, 0.4) is 0 Å². The third kappa shape index (κ3) is 8.17. The van der Waals surface area contributed by atoms with Crippen molar-refractivity contribution in [2.24, 2.45) is 0 Å². The summed E-state index contributed by atoms with van der Waals surface area (Å²) in [4.78, 5) is 6.98. The largest absolute Gasteiger partial charge is 0.456 e. The van der Waals surface area contributed by atoms with Gasteiger partial charge in [-0.25, -0.2) is 0 Å². The zero-order chi connectivity index (χ0) is 56.9. The standard InChI is InChI=1S/C78H66N2O2S/c1-75(2,3)48-24-28-50(29-25-48)79(52-32-36-59-57-20-14-16-22-66(57)77(7,8)68(59)42-52)54-34-38-61-64-40-47-41-65-62-39-35-55(45-71(62)82-73(65)74(83-56-18-12-11-13-19-56)63(47)46-72(64)81-70(61)44-54)80(51-30-26-49(27-31-51)76(4,5)6)53-33-37-60-58-21-15-17-23-67(58)78(9,10)69(60)43-53/h11-46H,1-10H3. The maximum atomic E-state index is 7.24. The molecule has 0 saturated heterocycles. The molecular formula is C78H66N2O2S. The summed E-state index contributed by atoms with van der Waals surface area (Å²) in [6.45, 7) is 23.1. The molecule has 406 valence electrons. The average molecular weight is 1100 g/mol. The smallest absolute Gasteiger partial charge is 0.149 e. The number of benzene rings is 11. The first-order valence-corrected chi connectivity index (χ1v) is 30.0. The Morgan fingerprint density at radius 2 is 0.747 bits per heavy atom. The molecular weight excluding hydrogens is 1030 g/mol. The van der Waals surface area contributed by atoms with Gasteiger partial charge in [0.05, 0.1) is 4.90 Å². The lowest BCUT2D eigenvalue weighted by molar-refractivity contribution is 0.590. The van der Waals surface area contributed by atoms with Gasteiger partial charge in [-0.05, 0) is 175 Å². The predicted octanol–water partition coefficient (Wildman–Crippen LogP) is 22.9. The monoisotopic (exact) mass is 1090 g/mol. The Balaban J connectivity index is 0.872. The first-order chi connectivity index (χ1) is 39.9. The van der Waals surface area contributed by atoms with E-state index in [1.807, 2.05) is 0 Å². The Kier molecular flexibility index (Phi) is 11.3. The Bertz CT molecular complexity index is 4770. The van der Waals surface area contributed by atoms with Crippen molar-refractivity contribution in [2.45, 2.75) is 101 Å². The number of furan rings is 2. The van der Waals surface area contributed by atoms with Crippen molar-refractivity contribution < 1.29 is 8.83 Å². The number of hydrogen-bond donors (Lipinski definition) is 0. The minimum absolute atomic E-state index is 0.0233. The van der Waals surface area contributed by atoms with Crippen LogP contribution in [0, 0.1) is 0 Å². The van der Waals surface area contributed by atoms with Gasteiger partial charge in [0.2, 0.25) is 0 Å². The molecule has 83 heavy (non-hydrogen) atoms. The highest BCUT2D eigenvalue weighted by molar-refractivity contribution is 7.99. The van der Waals surface area contributed by atoms with Crippen molar-refractivity contribution >= 4 is 101 Å². The Morgan fingerprint density at radius 3 is 1.27 bits per heavy atom. The molecule has 0 aliphatic heterocycles. The molecule has 4 nitrogen and oxygen atoms in total. The summed E-state index contributed by atoms with van der Waals surface area (Å²) < 4.78 is 14.3. The van der Waals surface area contributed by atoms with Crippen molar-refractivity contribution in [3.05, 3.63) is 252 Å². The highest BCUT2D eigenvalue weighted by Crippen LogP contribution is 2.54. The summed E-state index contributed by atoms with van der Waals surface area (Å²) in [6, 6.07) is 81.0. The van der Waals surface area contributed by atoms with Gasteiger partial charge in [-0.2, -0.15) is 0 Å².